The molecule has 0 aliphatic carbocycles. The summed E-state index contributed by atoms with van der Waals surface area (Å²) in [5.41, 5.74) is -0.534. The van der Waals surface area contributed by atoms with Crippen molar-refractivity contribution < 1.29 is 9.90 Å². The average Bonchev–Trinajstić information content (AvgIpc) is 3.04. The molecule has 0 radical (unpaired) electrons. The first-order valence-electron chi connectivity index (χ1n) is 7.70. The predicted molar refractivity (Wildman–Crippen MR) is 82.3 cm³/mol. The molecular formula is C15H23N3O2S. The number of thiazole rings is 1. The van der Waals surface area contributed by atoms with Crippen LogP contribution in [0, 0.1) is 11.3 Å². The molecule has 116 valence electrons. The van der Waals surface area contributed by atoms with Crippen molar-refractivity contribution in [1.82, 2.24) is 14.8 Å². The molecule has 1 aromatic heterocycles. The molecule has 5 nitrogen and oxygen atoms in total. The number of likely N-dealkylation sites (tertiary alicyclic amines) is 2. The molecule has 2 aliphatic heterocycles. The Labute approximate surface area is 129 Å². The highest BCUT2D eigenvalue weighted by Gasteiger charge is 2.52. The lowest BCUT2D eigenvalue weighted by atomic mass is 9.75. The van der Waals surface area contributed by atoms with Crippen LogP contribution in [-0.4, -0.2) is 58.6 Å². The standard InChI is InChI=1S/C15H23N3O2S/c1-2-17-8-12-9-18(10-13-16-5-7-21-13)6-3-4-15(12,11-17)14(19)20/h5,7,12H,2-4,6,8-11H2,1H3,(H,19,20)/t12-,15+/m1/s1. The molecule has 2 atom stereocenters. The van der Waals surface area contributed by atoms with Crippen LogP contribution in [0.15, 0.2) is 11.6 Å². The van der Waals surface area contributed by atoms with Gasteiger partial charge in [-0.3, -0.25) is 9.69 Å². The number of hydrogen-bond acceptors (Lipinski definition) is 5. The maximum Gasteiger partial charge on any atom is 0.311 e. The van der Waals surface area contributed by atoms with Crippen LogP contribution < -0.4 is 0 Å². The average molecular weight is 309 g/mol. The lowest BCUT2D eigenvalue weighted by molar-refractivity contribution is -0.151. The molecule has 2 aliphatic rings. The van der Waals surface area contributed by atoms with E-state index in [9.17, 15) is 9.90 Å². The predicted octanol–water partition coefficient (Wildman–Crippen LogP) is 1.76. The van der Waals surface area contributed by atoms with E-state index in [2.05, 4.69) is 21.7 Å². The normalized spacial score (nSPS) is 31.0. The maximum absolute atomic E-state index is 11.9. The van der Waals surface area contributed by atoms with E-state index in [-0.39, 0.29) is 5.92 Å². The Balaban J connectivity index is 1.76. The highest BCUT2D eigenvalue weighted by atomic mass is 32.1. The maximum atomic E-state index is 11.9. The van der Waals surface area contributed by atoms with Gasteiger partial charge in [0.05, 0.1) is 12.0 Å². The minimum Gasteiger partial charge on any atom is -0.481 e. The topological polar surface area (TPSA) is 56.7 Å². The van der Waals surface area contributed by atoms with Gasteiger partial charge in [0.25, 0.3) is 0 Å². The van der Waals surface area contributed by atoms with Crippen molar-refractivity contribution in [2.75, 3.05) is 32.7 Å². The number of fused-ring (bicyclic) bond motifs is 1. The number of nitrogens with zero attached hydrogens (tertiary/aromatic N) is 3. The van der Waals surface area contributed by atoms with Gasteiger partial charge < -0.3 is 10.0 Å². The second kappa shape index (κ2) is 6.02. The Morgan fingerprint density at radius 2 is 2.33 bits per heavy atom. The molecule has 0 amide bonds. The highest BCUT2D eigenvalue weighted by Crippen LogP contribution is 2.43. The van der Waals surface area contributed by atoms with Gasteiger partial charge >= 0.3 is 5.97 Å². The molecule has 2 saturated heterocycles. The summed E-state index contributed by atoms with van der Waals surface area (Å²) in [6, 6.07) is 0. The first-order chi connectivity index (χ1) is 10.1. The Hall–Kier alpha value is -0.980. The van der Waals surface area contributed by atoms with Crippen molar-refractivity contribution in [2.24, 2.45) is 11.3 Å². The summed E-state index contributed by atoms with van der Waals surface area (Å²) >= 11 is 1.68. The number of carbonyl (C=O) groups is 1. The van der Waals surface area contributed by atoms with Crippen LogP contribution in [-0.2, 0) is 11.3 Å². The van der Waals surface area contributed by atoms with Crippen molar-refractivity contribution in [2.45, 2.75) is 26.3 Å². The molecule has 0 saturated carbocycles. The summed E-state index contributed by atoms with van der Waals surface area (Å²) in [6.45, 7) is 7.41. The Kier molecular flexibility index (Phi) is 4.28. The fourth-order valence-corrected chi connectivity index (χ4v) is 4.53. The molecule has 21 heavy (non-hydrogen) atoms. The molecule has 0 bridgehead atoms. The first kappa shape index (κ1) is 14.9. The van der Waals surface area contributed by atoms with E-state index in [0.29, 0.717) is 6.54 Å². The molecular weight excluding hydrogens is 286 g/mol. The summed E-state index contributed by atoms with van der Waals surface area (Å²) in [6.07, 6.45) is 3.61. The number of rotatable bonds is 4. The zero-order chi connectivity index (χ0) is 14.9. The van der Waals surface area contributed by atoms with E-state index in [1.54, 1.807) is 11.3 Å². The van der Waals surface area contributed by atoms with E-state index < -0.39 is 11.4 Å². The zero-order valence-electron chi connectivity index (χ0n) is 12.5. The summed E-state index contributed by atoms with van der Waals surface area (Å²) in [5.74, 6) is -0.364. The number of carboxylic acids is 1. The molecule has 0 spiro atoms. The van der Waals surface area contributed by atoms with E-state index in [0.717, 1.165) is 50.6 Å². The number of hydrogen-bond donors (Lipinski definition) is 1. The first-order valence-corrected chi connectivity index (χ1v) is 8.58. The summed E-state index contributed by atoms with van der Waals surface area (Å²) in [5, 5.41) is 13.0. The van der Waals surface area contributed by atoms with Gasteiger partial charge in [-0.15, -0.1) is 11.3 Å². The minimum absolute atomic E-state index is 0.234. The molecule has 0 aromatic carbocycles. The SMILES string of the molecule is CCN1C[C@@H]2CN(Cc3nccs3)CCC[C@]2(C(=O)O)C1. The zero-order valence-corrected chi connectivity index (χ0v) is 13.3. The smallest absolute Gasteiger partial charge is 0.311 e. The van der Waals surface area contributed by atoms with Gasteiger partial charge in [0.15, 0.2) is 0 Å². The quantitative estimate of drug-likeness (QED) is 0.918. The van der Waals surface area contributed by atoms with Crippen LogP contribution in [0.1, 0.15) is 24.8 Å². The van der Waals surface area contributed by atoms with E-state index in [1.165, 1.54) is 0 Å². The summed E-state index contributed by atoms with van der Waals surface area (Å²) in [4.78, 5) is 21.0. The fraction of sp³-hybridized carbons (Fsp3) is 0.733. The largest absolute Gasteiger partial charge is 0.481 e. The van der Waals surface area contributed by atoms with Crippen LogP contribution in [0.2, 0.25) is 0 Å². The molecule has 1 N–H and O–H groups in total. The lowest BCUT2D eigenvalue weighted by Crippen LogP contribution is -2.41. The Morgan fingerprint density at radius 1 is 1.52 bits per heavy atom. The van der Waals surface area contributed by atoms with E-state index in [4.69, 9.17) is 0 Å². The van der Waals surface area contributed by atoms with Crippen LogP contribution in [0.25, 0.3) is 0 Å². The van der Waals surface area contributed by atoms with Crippen LogP contribution in [0.3, 0.4) is 0 Å². The second-order valence-electron chi connectivity index (χ2n) is 6.25. The van der Waals surface area contributed by atoms with E-state index >= 15 is 0 Å². The van der Waals surface area contributed by atoms with Crippen LogP contribution in [0.5, 0.6) is 0 Å². The number of carboxylic acid groups (broad SMARTS) is 1. The van der Waals surface area contributed by atoms with Gasteiger partial charge in [0, 0.05) is 37.1 Å². The van der Waals surface area contributed by atoms with E-state index in [1.807, 2.05) is 11.6 Å². The minimum atomic E-state index is -0.598. The second-order valence-corrected chi connectivity index (χ2v) is 7.23. The van der Waals surface area contributed by atoms with Crippen molar-refractivity contribution in [3.8, 4) is 0 Å². The number of aromatic nitrogens is 1. The summed E-state index contributed by atoms with van der Waals surface area (Å²) < 4.78 is 0. The third-order valence-electron chi connectivity index (χ3n) is 5.06. The van der Waals surface area contributed by atoms with Gasteiger partial charge in [-0.25, -0.2) is 4.98 Å². The van der Waals surface area contributed by atoms with Crippen molar-refractivity contribution in [3.63, 3.8) is 0 Å². The molecule has 2 fully saturated rings. The number of aliphatic carboxylic acids is 1. The molecule has 1 aromatic rings. The molecule has 6 heteroatoms. The van der Waals surface area contributed by atoms with Crippen LogP contribution in [0.4, 0.5) is 0 Å². The van der Waals surface area contributed by atoms with Gasteiger partial charge in [-0.05, 0) is 25.9 Å². The molecule has 3 heterocycles. The third-order valence-corrected chi connectivity index (χ3v) is 5.82. The summed E-state index contributed by atoms with van der Waals surface area (Å²) in [7, 11) is 0. The monoisotopic (exact) mass is 309 g/mol. The van der Waals surface area contributed by atoms with Crippen molar-refractivity contribution in [3.05, 3.63) is 16.6 Å². The van der Waals surface area contributed by atoms with Gasteiger partial charge in [0.1, 0.15) is 5.01 Å². The molecule has 0 unspecified atom stereocenters. The molecule has 3 rings (SSSR count). The van der Waals surface area contributed by atoms with Gasteiger partial charge in [0.2, 0.25) is 0 Å². The lowest BCUT2D eigenvalue weighted by Gasteiger charge is -2.29. The third kappa shape index (κ3) is 2.84. The van der Waals surface area contributed by atoms with Gasteiger partial charge in [-0.2, -0.15) is 0 Å². The van der Waals surface area contributed by atoms with Crippen molar-refractivity contribution >= 4 is 17.3 Å². The van der Waals surface area contributed by atoms with Crippen molar-refractivity contribution in [1.29, 1.82) is 0 Å². The highest BCUT2D eigenvalue weighted by molar-refractivity contribution is 7.09. The Morgan fingerprint density at radius 3 is 3.00 bits per heavy atom. The van der Waals surface area contributed by atoms with Crippen LogP contribution >= 0.6 is 11.3 Å². The Bertz CT molecular complexity index is 493. The van der Waals surface area contributed by atoms with Gasteiger partial charge in [-0.1, -0.05) is 6.92 Å². The fourth-order valence-electron chi connectivity index (χ4n) is 3.87.